The molecule has 0 saturated heterocycles. The van der Waals surface area contributed by atoms with Gasteiger partial charge in [0.15, 0.2) is 0 Å². The number of alkyl halides is 1. The molecule has 0 aromatic carbocycles. The van der Waals surface area contributed by atoms with Gasteiger partial charge in [-0.05, 0) is 97.7 Å². The summed E-state index contributed by atoms with van der Waals surface area (Å²) in [6, 6.07) is 0. The van der Waals surface area contributed by atoms with Crippen molar-refractivity contribution in [2.45, 2.75) is 109 Å². The van der Waals surface area contributed by atoms with Crippen LogP contribution in [0.1, 0.15) is 105 Å². The first kappa shape index (κ1) is 21.7. The first-order valence-electron chi connectivity index (χ1n) is 12.6. The molecule has 0 radical (unpaired) electrons. The molecular weight excluding hydrogens is 451 g/mol. The van der Waals surface area contributed by atoms with E-state index < -0.39 is 0 Å². The van der Waals surface area contributed by atoms with Crippen molar-refractivity contribution in [1.82, 2.24) is 0 Å². The zero-order valence-corrected chi connectivity index (χ0v) is 21.4. The molecular formula is C27H45I. The maximum atomic E-state index is 2.75. The number of fused-ring (bicyclic) bond motifs is 5. The minimum Gasteiger partial charge on any atom is -0.0844 e. The minimum atomic E-state index is 0.548. The fourth-order valence-electron chi connectivity index (χ4n) is 8.64. The summed E-state index contributed by atoms with van der Waals surface area (Å²) in [7, 11) is 0. The van der Waals surface area contributed by atoms with E-state index >= 15 is 0 Å². The third-order valence-corrected chi connectivity index (χ3v) is 11.3. The van der Waals surface area contributed by atoms with Crippen LogP contribution in [0.15, 0.2) is 11.6 Å². The van der Waals surface area contributed by atoms with E-state index in [0.717, 1.165) is 39.4 Å². The van der Waals surface area contributed by atoms with Gasteiger partial charge in [-0.3, -0.25) is 0 Å². The van der Waals surface area contributed by atoms with Crippen LogP contribution in [-0.2, 0) is 0 Å². The van der Waals surface area contributed by atoms with E-state index in [1.807, 2.05) is 5.57 Å². The van der Waals surface area contributed by atoms with Crippen molar-refractivity contribution in [2.24, 2.45) is 46.3 Å². The maximum absolute atomic E-state index is 2.75. The van der Waals surface area contributed by atoms with Crippen LogP contribution in [0, 0.1) is 46.3 Å². The summed E-state index contributed by atoms with van der Waals surface area (Å²) in [5.41, 5.74) is 3.05. The van der Waals surface area contributed by atoms with Gasteiger partial charge in [0, 0.05) is 3.92 Å². The zero-order valence-electron chi connectivity index (χ0n) is 19.3. The molecule has 8 unspecified atom stereocenters. The Morgan fingerprint density at radius 2 is 1.79 bits per heavy atom. The van der Waals surface area contributed by atoms with Crippen molar-refractivity contribution in [3.8, 4) is 0 Å². The fourth-order valence-corrected chi connectivity index (χ4v) is 9.43. The van der Waals surface area contributed by atoms with E-state index in [9.17, 15) is 0 Å². The highest BCUT2D eigenvalue weighted by atomic mass is 127. The molecule has 0 heterocycles. The lowest BCUT2D eigenvalue weighted by molar-refractivity contribution is -0.0495. The molecule has 1 heteroatoms. The molecule has 3 saturated carbocycles. The Morgan fingerprint density at radius 1 is 1.00 bits per heavy atom. The van der Waals surface area contributed by atoms with Gasteiger partial charge in [-0.2, -0.15) is 0 Å². The van der Waals surface area contributed by atoms with Gasteiger partial charge >= 0.3 is 0 Å². The van der Waals surface area contributed by atoms with Gasteiger partial charge in [0.25, 0.3) is 0 Å². The summed E-state index contributed by atoms with van der Waals surface area (Å²) >= 11 is 2.71. The van der Waals surface area contributed by atoms with Crippen molar-refractivity contribution in [3.63, 3.8) is 0 Å². The first-order chi connectivity index (χ1) is 13.3. The predicted octanol–water partition coefficient (Wildman–Crippen LogP) is 8.83. The van der Waals surface area contributed by atoms with Crippen LogP contribution in [0.25, 0.3) is 0 Å². The van der Waals surface area contributed by atoms with Gasteiger partial charge in [-0.15, -0.1) is 0 Å². The van der Waals surface area contributed by atoms with Gasteiger partial charge in [-0.1, -0.05) is 88.1 Å². The quantitative estimate of drug-likeness (QED) is 0.203. The second-order valence-electron chi connectivity index (χ2n) is 12.1. The molecule has 160 valence electrons. The molecule has 0 nitrogen and oxygen atoms in total. The number of hydrogen-bond donors (Lipinski definition) is 0. The third kappa shape index (κ3) is 3.66. The molecule has 3 fully saturated rings. The number of hydrogen-bond acceptors (Lipinski definition) is 0. The Balaban J connectivity index is 1.49. The Hall–Kier alpha value is 0.470. The summed E-state index contributed by atoms with van der Waals surface area (Å²) in [6.07, 6.45) is 18.9. The van der Waals surface area contributed by atoms with E-state index in [1.165, 1.54) is 70.6 Å². The second kappa shape index (κ2) is 8.19. The van der Waals surface area contributed by atoms with Crippen molar-refractivity contribution < 1.29 is 0 Å². The SMILES string of the molecule is CC(C)CCCC(C)C1CCC2C3CC=C4CC(I)CCC4(C)C3CCC12C. The molecule has 0 amide bonds. The molecule has 4 aliphatic carbocycles. The van der Waals surface area contributed by atoms with Crippen LogP contribution in [0.4, 0.5) is 0 Å². The van der Waals surface area contributed by atoms with E-state index in [0.29, 0.717) is 10.8 Å². The molecule has 8 atom stereocenters. The van der Waals surface area contributed by atoms with Crippen molar-refractivity contribution in [1.29, 1.82) is 0 Å². The number of rotatable bonds is 5. The smallest absolute Gasteiger partial charge is 0.0147 e. The Morgan fingerprint density at radius 3 is 2.54 bits per heavy atom. The predicted molar refractivity (Wildman–Crippen MR) is 131 cm³/mol. The lowest BCUT2D eigenvalue weighted by Crippen LogP contribution is -2.50. The van der Waals surface area contributed by atoms with Gasteiger partial charge in [-0.25, -0.2) is 0 Å². The van der Waals surface area contributed by atoms with Gasteiger partial charge < -0.3 is 0 Å². The fraction of sp³-hybridized carbons (Fsp3) is 0.926. The third-order valence-electron chi connectivity index (χ3n) is 10.2. The molecule has 0 aromatic rings. The lowest BCUT2D eigenvalue weighted by Gasteiger charge is -2.58. The summed E-state index contributed by atoms with van der Waals surface area (Å²) in [5.74, 6) is 5.79. The van der Waals surface area contributed by atoms with E-state index in [4.69, 9.17) is 0 Å². The monoisotopic (exact) mass is 496 g/mol. The normalized spacial score (nSPS) is 46.5. The van der Waals surface area contributed by atoms with E-state index in [2.05, 4.69) is 63.3 Å². The Kier molecular flexibility index (Phi) is 6.35. The highest BCUT2D eigenvalue weighted by molar-refractivity contribution is 14.1. The minimum absolute atomic E-state index is 0.548. The highest BCUT2D eigenvalue weighted by Gasteiger charge is 2.58. The average molecular weight is 497 g/mol. The van der Waals surface area contributed by atoms with Gasteiger partial charge in [0.05, 0.1) is 0 Å². The maximum Gasteiger partial charge on any atom is 0.0147 e. The summed E-state index contributed by atoms with van der Waals surface area (Å²) in [6.45, 7) is 12.8. The van der Waals surface area contributed by atoms with Crippen LogP contribution >= 0.6 is 22.6 Å². The molecule has 0 spiro atoms. The van der Waals surface area contributed by atoms with E-state index in [-0.39, 0.29) is 0 Å². The van der Waals surface area contributed by atoms with Crippen LogP contribution < -0.4 is 0 Å². The Labute approximate surface area is 189 Å². The van der Waals surface area contributed by atoms with Crippen molar-refractivity contribution in [3.05, 3.63) is 11.6 Å². The van der Waals surface area contributed by atoms with Crippen molar-refractivity contribution >= 4 is 22.6 Å². The first-order valence-corrected chi connectivity index (χ1v) is 13.8. The lowest BCUT2D eigenvalue weighted by atomic mass is 9.47. The molecule has 4 rings (SSSR count). The number of halogens is 1. The van der Waals surface area contributed by atoms with Crippen LogP contribution in [-0.4, -0.2) is 3.92 Å². The summed E-state index contributed by atoms with van der Waals surface area (Å²) in [5, 5.41) is 0. The molecule has 28 heavy (non-hydrogen) atoms. The van der Waals surface area contributed by atoms with Crippen LogP contribution in [0.5, 0.6) is 0 Å². The van der Waals surface area contributed by atoms with Crippen LogP contribution in [0.2, 0.25) is 0 Å². The number of allylic oxidation sites excluding steroid dienone is 2. The molecule has 0 aliphatic heterocycles. The Bertz CT molecular complexity index is 591. The molecule has 0 N–H and O–H groups in total. The standard InChI is InChI=1S/C27H45I/c1-18(2)7-6-8-19(3)23-11-12-24-22-10-9-20-17-21(28)13-15-26(20,4)25(22)14-16-27(23,24)5/h9,18-19,21-25H,6-8,10-17H2,1-5H3. The highest BCUT2D eigenvalue weighted by Crippen LogP contribution is 2.67. The largest absolute Gasteiger partial charge is 0.0844 e. The average Bonchev–Trinajstić information content (AvgIpc) is 2.99. The van der Waals surface area contributed by atoms with Crippen LogP contribution in [0.3, 0.4) is 0 Å². The van der Waals surface area contributed by atoms with Crippen molar-refractivity contribution in [2.75, 3.05) is 0 Å². The molecule has 0 aromatic heterocycles. The molecule has 0 bridgehead atoms. The molecule has 4 aliphatic rings. The zero-order chi connectivity index (χ0) is 20.1. The summed E-state index contributed by atoms with van der Waals surface area (Å²) in [4.78, 5) is 0. The summed E-state index contributed by atoms with van der Waals surface area (Å²) < 4.78 is 0.893. The second-order valence-corrected chi connectivity index (χ2v) is 13.9. The topological polar surface area (TPSA) is 0 Å². The van der Waals surface area contributed by atoms with Gasteiger partial charge in [0.1, 0.15) is 0 Å². The van der Waals surface area contributed by atoms with Gasteiger partial charge in [0.2, 0.25) is 0 Å². The van der Waals surface area contributed by atoms with E-state index in [1.54, 1.807) is 0 Å².